The predicted octanol–water partition coefficient (Wildman–Crippen LogP) is 5.89. The van der Waals surface area contributed by atoms with E-state index in [0.29, 0.717) is 20.7 Å². The fourth-order valence-corrected chi connectivity index (χ4v) is 6.00. The molecule has 1 aliphatic heterocycles. The SMILES string of the molecule is Cc1cc(S(=O)(=O)c2ccccc2)cc(CBr)c1N1CC=C(c2ccc(C#N)cc2)CC1. The van der Waals surface area contributed by atoms with E-state index in [1.165, 1.54) is 5.57 Å². The predicted molar refractivity (Wildman–Crippen MR) is 132 cm³/mol. The lowest BCUT2D eigenvalue weighted by Crippen LogP contribution is -2.30. The highest BCUT2D eigenvalue weighted by molar-refractivity contribution is 9.08. The molecule has 0 bridgehead atoms. The van der Waals surface area contributed by atoms with Gasteiger partial charge in [0, 0.05) is 24.1 Å². The lowest BCUT2D eigenvalue weighted by Gasteiger charge is -2.32. The second-order valence-electron chi connectivity index (χ2n) is 7.81. The van der Waals surface area contributed by atoms with Crippen molar-refractivity contribution in [3.63, 3.8) is 0 Å². The Bertz CT molecular complexity index is 1310. The monoisotopic (exact) mass is 506 g/mol. The van der Waals surface area contributed by atoms with Gasteiger partial charge in [0.2, 0.25) is 9.84 Å². The summed E-state index contributed by atoms with van der Waals surface area (Å²) in [5, 5.41) is 9.57. The maximum atomic E-state index is 13.1. The van der Waals surface area contributed by atoms with Crippen LogP contribution in [-0.4, -0.2) is 21.5 Å². The minimum Gasteiger partial charge on any atom is -0.367 e. The van der Waals surface area contributed by atoms with Gasteiger partial charge in [-0.2, -0.15) is 5.26 Å². The van der Waals surface area contributed by atoms with Gasteiger partial charge < -0.3 is 4.90 Å². The molecule has 0 amide bonds. The van der Waals surface area contributed by atoms with E-state index >= 15 is 0 Å². The number of nitriles is 1. The van der Waals surface area contributed by atoms with Gasteiger partial charge in [-0.1, -0.05) is 52.3 Å². The van der Waals surface area contributed by atoms with E-state index in [1.807, 2.05) is 37.3 Å². The number of aryl methyl sites for hydroxylation is 1. The summed E-state index contributed by atoms with van der Waals surface area (Å²) >= 11 is 3.57. The van der Waals surface area contributed by atoms with Crippen LogP contribution in [0.25, 0.3) is 5.57 Å². The third kappa shape index (κ3) is 4.36. The van der Waals surface area contributed by atoms with Crippen LogP contribution in [-0.2, 0) is 15.2 Å². The fraction of sp³-hybridized carbons (Fsp3) is 0.192. The Hall–Kier alpha value is -2.88. The van der Waals surface area contributed by atoms with E-state index in [0.717, 1.165) is 41.9 Å². The van der Waals surface area contributed by atoms with Crippen molar-refractivity contribution in [2.75, 3.05) is 18.0 Å². The Balaban J connectivity index is 1.63. The molecule has 0 atom stereocenters. The summed E-state index contributed by atoms with van der Waals surface area (Å²) in [6.07, 6.45) is 3.11. The Morgan fingerprint density at radius 2 is 1.75 bits per heavy atom. The number of rotatable bonds is 5. The molecule has 32 heavy (non-hydrogen) atoms. The number of alkyl halides is 1. The quantitative estimate of drug-likeness (QED) is 0.404. The van der Waals surface area contributed by atoms with Crippen LogP contribution in [0.15, 0.2) is 82.6 Å². The van der Waals surface area contributed by atoms with E-state index in [4.69, 9.17) is 5.26 Å². The van der Waals surface area contributed by atoms with Crippen LogP contribution < -0.4 is 4.90 Å². The molecule has 1 aliphatic rings. The maximum Gasteiger partial charge on any atom is 0.206 e. The van der Waals surface area contributed by atoms with Gasteiger partial charge in [-0.05, 0) is 72.0 Å². The molecular weight excluding hydrogens is 484 g/mol. The number of nitrogens with zero attached hydrogens (tertiary/aromatic N) is 2. The van der Waals surface area contributed by atoms with Gasteiger partial charge in [-0.15, -0.1) is 0 Å². The maximum absolute atomic E-state index is 13.1. The molecule has 162 valence electrons. The van der Waals surface area contributed by atoms with Crippen LogP contribution in [0.1, 0.15) is 28.7 Å². The summed E-state index contributed by atoms with van der Waals surface area (Å²) in [5.74, 6) is 0. The second-order valence-corrected chi connectivity index (χ2v) is 10.3. The van der Waals surface area contributed by atoms with E-state index in [1.54, 1.807) is 36.4 Å². The highest BCUT2D eigenvalue weighted by Crippen LogP contribution is 2.35. The molecule has 0 N–H and O–H groups in total. The van der Waals surface area contributed by atoms with Crippen molar-refractivity contribution in [1.82, 2.24) is 0 Å². The van der Waals surface area contributed by atoms with Gasteiger partial charge in [0.25, 0.3) is 0 Å². The Morgan fingerprint density at radius 1 is 1.03 bits per heavy atom. The molecule has 0 aromatic heterocycles. The van der Waals surface area contributed by atoms with Crippen LogP contribution in [0.2, 0.25) is 0 Å². The van der Waals surface area contributed by atoms with Gasteiger partial charge in [0.15, 0.2) is 0 Å². The van der Waals surface area contributed by atoms with Gasteiger partial charge in [-0.25, -0.2) is 8.42 Å². The smallest absolute Gasteiger partial charge is 0.206 e. The molecular formula is C26H23BrN2O2S. The van der Waals surface area contributed by atoms with Crippen LogP contribution in [0.3, 0.4) is 0 Å². The summed E-state index contributed by atoms with van der Waals surface area (Å²) in [4.78, 5) is 2.93. The second kappa shape index (κ2) is 9.32. The molecule has 3 aromatic carbocycles. The number of benzene rings is 3. The Morgan fingerprint density at radius 3 is 2.34 bits per heavy atom. The molecule has 0 saturated heterocycles. The molecule has 4 nitrogen and oxygen atoms in total. The average Bonchev–Trinajstić information content (AvgIpc) is 2.84. The lowest BCUT2D eigenvalue weighted by atomic mass is 9.97. The zero-order valence-electron chi connectivity index (χ0n) is 17.8. The summed E-state index contributed by atoms with van der Waals surface area (Å²) < 4.78 is 26.3. The van der Waals surface area contributed by atoms with Crippen LogP contribution in [0, 0.1) is 18.3 Å². The van der Waals surface area contributed by atoms with Crippen molar-refractivity contribution < 1.29 is 8.42 Å². The molecule has 3 aromatic rings. The van der Waals surface area contributed by atoms with Crippen LogP contribution in [0.4, 0.5) is 5.69 Å². The third-order valence-corrected chi connectivity index (χ3v) is 8.12. The normalized spacial score (nSPS) is 14.0. The summed E-state index contributed by atoms with van der Waals surface area (Å²) in [5.41, 5.74) is 6.08. The number of hydrogen-bond donors (Lipinski definition) is 0. The molecule has 0 fully saturated rings. The van der Waals surface area contributed by atoms with E-state index < -0.39 is 9.84 Å². The summed E-state index contributed by atoms with van der Waals surface area (Å²) in [6.45, 7) is 3.57. The van der Waals surface area contributed by atoms with Crippen LogP contribution >= 0.6 is 15.9 Å². The van der Waals surface area contributed by atoms with E-state index in [-0.39, 0.29) is 0 Å². The van der Waals surface area contributed by atoms with Gasteiger partial charge in [0.1, 0.15) is 0 Å². The average molecular weight is 507 g/mol. The first-order valence-electron chi connectivity index (χ1n) is 10.4. The van der Waals surface area contributed by atoms with Gasteiger partial charge in [0.05, 0.1) is 21.4 Å². The first-order valence-corrected chi connectivity index (χ1v) is 13.0. The van der Waals surface area contributed by atoms with E-state index in [9.17, 15) is 8.42 Å². The molecule has 1 heterocycles. The largest absolute Gasteiger partial charge is 0.367 e. The first kappa shape index (κ1) is 22.3. The Kier molecular flexibility index (Phi) is 6.50. The zero-order chi connectivity index (χ0) is 22.7. The zero-order valence-corrected chi connectivity index (χ0v) is 20.2. The Labute approximate surface area is 197 Å². The van der Waals surface area contributed by atoms with Crippen molar-refractivity contribution in [3.8, 4) is 6.07 Å². The standard InChI is InChI=1S/C26H23BrN2O2S/c1-19-15-25(32(30,31)24-5-3-2-4-6-24)16-23(17-27)26(19)29-13-11-22(12-14-29)21-9-7-20(18-28)8-10-21/h2-11,15-16H,12-14,17H2,1H3. The van der Waals surface area contributed by atoms with Crippen LogP contribution in [0.5, 0.6) is 0 Å². The topological polar surface area (TPSA) is 61.2 Å². The van der Waals surface area contributed by atoms with Crippen molar-refractivity contribution >= 4 is 37.0 Å². The molecule has 4 rings (SSSR count). The summed E-state index contributed by atoms with van der Waals surface area (Å²) in [7, 11) is -3.57. The number of sulfone groups is 1. The van der Waals surface area contributed by atoms with E-state index in [2.05, 4.69) is 33.0 Å². The molecule has 6 heteroatoms. The fourth-order valence-electron chi connectivity index (χ4n) is 4.16. The highest BCUT2D eigenvalue weighted by atomic mass is 79.9. The lowest BCUT2D eigenvalue weighted by molar-refractivity contribution is 0.596. The van der Waals surface area contributed by atoms with Gasteiger partial charge >= 0.3 is 0 Å². The van der Waals surface area contributed by atoms with Crippen molar-refractivity contribution in [1.29, 1.82) is 5.26 Å². The summed E-state index contributed by atoms with van der Waals surface area (Å²) in [6, 6.07) is 22.0. The minimum absolute atomic E-state index is 0.306. The van der Waals surface area contributed by atoms with Crippen molar-refractivity contribution in [3.05, 3.63) is 95.1 Å². The molecule has 0 spiro atoms. The number of hydrogen-bond acceptors (Lipinski definition) is 4. The van der Waals surface area contributed by atoms with Crippen molar-refractivity contribution in [2.45, 2.75) is 28.5 Å². The van der Waals surface area contributed by atoms with Crippen molar-refractivity contribution in [2.24, 2.45) is 0 Å². The molecule has 0 saturated carbocycles. The minimum atomic E-state index is -3.57. The van der Waals surface area contributed by atoms with Gasteiger partial charge in [-0.3, -0.25) is 0 Å². The third-order valence-electron chi connectivity index (χ3n) is 5.77. The number of halogens is 1. The highest BCUT2D eigenvalue weighted by Gasteiger charge is 2.23. The molecule has 0 unspecified atom stereocenters. The molecule has 0 radical (unpaired) electrons. The molecule has 0 aliphatic carbocycles. The first-order chi connectivity index (χ1) is 15.4. The number of anilines is 1.